The number of nitrogens with zero attached hydrogens (tertiary/aromatic N) is 4. The van der Waals surface area contributed by atoms with Crippen molar-refractivity contribution in [3.8, 4) is 6.07 Å². The summed E-state index contributed by atoms with van der Waals surface area (Å²) in [6.45, 7) is 18.8. The highest BCUT2D eigenvalue weighted by Crippen LogP contribution is 2.48. The summed E-state index contributed by atoms with van der Waals surface area (Å²) in [6, 6.07) is 13.3. The molecule has 0 spiro atoms. The summed E-state index contributed by atoms with van der Waals surface area (Å²) in [6.07, 6.45) is 0.879. The fraction of sp³-hybridized carbons (Fsp3) is 0.393. The largest absolute Gasteiger partial charge is 0.357 e. The van der Waals surface area contributed by atoms with Crippen molar-refractivity contribution in [2.75, 3.05) is 36.6 Å². The summed E-state index contributed by atoms with van der Waals surface area (Å²) >= 11 is 0. The van der Waals surface area contributed by atoms with Crippen molar-refractivity contribution in [2.24, 2.45) is 0 Å². The Morgan fingerprint density at radius 2 is 1.81 bits per heavy atom. The van der Waals surface area contributed by atoms with Crippen LogP contribution in [0.2, 0.25) is 0 Å². The van der Waals surface area contributed by atoms with Gasteiger partial charge in [-0.3, -0.25) is 4.90 Å². The summed E-state index contributed by atoms with van der Waals surface area (Å²) < 4.78 is 0. The number of likely N-dealkylation sites (N-methyl/N-ethyl adjacent to an activating group) is 1. The van der Waals surface area contributed by atoms with E-state index in [1.807, 2.05) is 12.1 Å². The van der Waals surface area contributed by atoms with Crippen LogP contribution in [0.5, 0.6) is 0 Å². The number of benzene rings is 2. The third kappa shape index (κ3) is 3.61. The van der Waals surface area contributed by atoms with Crippen LogP contribution in [0.4, 0.5) is 11.4 Å². The van der Waals surface area contributed by atoms with Gasteiger partial charge in [0.1, 0.15) is 0 Å². The molecule has 0 unspecified atom stereocenters. The van der Waals surface area contributed by atoms with Crippen molar-refractivity contribution >= 4 is 22.5 Å². The number of aryl methyl sites for hydroxylation is 2. The van der Waals surface area contributed by atoms with Crippen LogP contribution in [-0.2, 0) is 6.42 Å². The molecule has 1 fully saturated rings. The normalized spacial score (nSPS) is 16.8. The van der Waals surface area contributed by atoms with Gasteiger partial charge in [0.05, 0.1) is 24.0 Å². The van der Waals surface area contributed by atoms with Crippen LogP contribution in [0.15, 0.2) is 42.6 Å². The van der Waals surface area contributed by atoms with E-state index in [2.05, 4.69) is 87.2 Å². The van der Waals surface area contributed by atoms with Gasteiger partial charge in [-0.05, 0) is 87.7 Å². The SMILES string of the molecule is C=C1C(c2ccc(C#N)cc2CC)=C(C)N(C(C)C)c2cc(N3CCN(C)C3)c(C)cc21. The molecule has 2 aliphatic heterocycles. The maximum atomic E-state index is 9.38. The molecule has 0 bridgehead atoms. The highest BCUT2D eigenvalue weighted by molar-refractivity contribution is 6.12. The molecule has 32 heavy (non-hydrogen) atoms. The maximum Gasteiger partial charge on any atom is 0.0991 e. The minimum atomic E-state index is 0.317. The molecule has 166 valence electrons. The van der Waals surface area contributed by atoms with Gasteiger partial charge < -0.3 is 9.80 Å². The Labute approximate surface area is 193 Å². The van der Waals surface area contributed by atoms with Gasteiger partial charge in [0.2, 0.25) is 0 Å². The first-order valence-corrected chi connectivity index (χ1v) is 11.6. The molecular formula is C28H34N4. The monoisotopic (exact) mass is 426 g/mol. The van der Waals surface area contributed by atoms with Crippen molar-refractivity contribution in [3.63, 3.8) is 0 Å². The number of hydrogen-bond donors (Lipinski definition) is 0. The van der Waals surface area contributed by atoms with E-state index in [9.17, 15) is 5.26 Å². The predicted octanol–water partition coefficient (Wildman–Crippen LogP) is 5.81. The van der Waals surface area contributed by atoms with Gasteiger partial charge in [0.25, 0.3) is 0 Å². The first kappa shape index (κ1) is 22.2. The zero-order valence-electron chi connectivity index (χ0n) is 20.3. The van der Waals surface area contributed by atoms with Gasteiger partial charge in [0.15, 0.2) is 0 Å². The molecule has 4 nitrogen and oxygen atoms in total. The fourth-order valence-electron chi connectivity index (χ4n) is 5.26. The van der Waals surface area contributed by atoms with Gasteiger partial charge in [-0.1, -0.05) is 19.6 Å². The van der Waals surface area contributed by atoms with Crippen LogP contribution >= 0.6 is 0 Å². The van der Waals surface area contributed by atoms with Crippen molar-refractivity contribution in [2.45, 2.75) is 47.1 Å². The van der Waals surface area contributed by atoms with Crippen LogP contribution in [0, 0.1) is 18.3 Å². The first-order chi connectivity index (χ1) is 15.3. The minimum absolute atomic E-state index is 0.317. The van der Waals surface area contributed by atoms with Crippen molar-refractivity contribution < 1.29 is 0 Å². The summed E-state index contributed by atoms with van der Waals surface area (Å²) in [4.78, 5) is 7.29. The molecule has 2 aromatic carbocycles. The lowest BCUT2D eigenvalue weighted by Gasteiger charge is -2.39. The molecular weight excluding hydrogens is 392 g/mol. The second-order valence-electron chi connectivity index (χ2n) is 9.38. The summed E-state index contributed by atoms with van der Waals surface area (Å²) in [5.41, 5.74) is 11.6. The Balaban J connectivity index is 1.89. The van der Waals surface area contributed by atoms with Crippen molar-refractivity contribution in [1.29, 1.82) is 5.26 Å². The molecule has 0 atom stereocenters. The molecule has 0 saturated carbocycles. The molecule has 0 N–H and O–H groups in total. The van der Waals surface area contributed by atoms with Crippen LogP contribution < -0.4 is 9.80 Å². The minimum Gasteiger partial charge on any atom is -0.357 e. The standard InChI is InChI=1S/C28H34N4/c1-8-23-14-22(16-29)9-10-24(23)28-20(5)25-13-19(4)26(31-12-11-30(7)17-31)15-27(25)32(18(2)3)21(28)6/h9-10,13-15,18H,5,8,11-12,17H2,1-4,6-7H3. The van der Waals surface area contributed by atoms with E-state index in [1.165, 1.54) is 44.9 Å². The average molecular weight is 427 g/mol. The Morgan fingerprint density at radius 3 is 2.41 bits per heavy atom. The molecule has 4 rings (SSSR count). The molecule has 0 radical (unpaired) electrons. The lowest BCUT2D eigenvalue weighted by Crippen LogP contribution is -2.33. The zero-order valence-corrected chi connectivity index (χ0v) is 20.3. The van der Waals surface area contributed by atoms with Gasteiger partial charge in [-0.15, -0.1) is 0 Å². The van der Waals surface area contributed by atoms with E-state index in [0.717, 1.165) is 31.8 Å². The lowest BCUT2D eigenvalue weighted by molar-refractivity contribution is 0.421. The van der Waals surface area contributed by atoms with Gasteiger partial charge in [-0.2, -0.15) is 5.26 Å². The molecule has 4 heteroatoms. The first-order valence-electron chi connectivity index (χ1n) is 11.6. The summed E-state index contributed by atoms with van der Waals surface area (Å²) in [7, 11) is 2.18. The summed E-state index contributed by atoms with van der Waals surface area (Å²) in [5.74, 6) is 0. The zero-order chi connectivity index (χ0) is 23.2. The van der Waals surface area contributed by atoms with Crippen molar-refractivity contribution in [3.05, 3.63) is 70.4 Å². The molecule has 2 heterocycles. The fourth-order valence-corrected chi connectivity index (χ4v) is 5.26. The highest BCUT2D eigenvalue weighted by atomic mass is 15.4. The van der Waals surface area contributed by atoms with E-state index < -0.39 is 0 Å². The smallest absolute Gasteiger partial charge is 0.0991 e. The number of fused-ring (bicyclic) bond motifs is 1. The number of hydrogen-bond acceptors (Lipinski definition) is 4. The van der Waals surface area contributed by atoms with Gasteiger partial charge >= 0.3 is 0 Å². The second-order valence-corrected chi connectivity index (χ2v) is 9.38. The Hall–Kier alpha value is -3.03. The highest BCUT2D eigenvalue weighted by Gasteiger charge is 2.31. The van der Waals surface area contributed by atoms with Crippen LogP contribution in [0.25, 0.3) is 11.1 Å². The predicted molar refractivity (Wildman–Crippen MR) is 136 cm³/mol. The maximum absolute atomic E-state index is 9.38. The Bertz CT molecular complexity index is 1150. The third-order valence-electron chi connectivity index (χ3n) is 6.83. The number of allylic oxidation sites excluding steroid dienone is 3. The molecule has 0 amide bonds. The quantitative estimate of drug-likeness (QED) is 0.618. The average Bonchev–Trinajstić information content (AvgIpc) is 3.20. The van der Waals surface area contributed by atoms with Crippen LogP contribution in [-0.4, -0.2) is 37.7 Å². The van der Waals surface area contributed by atoms with Gasteiger partial charge in [0, 0.05) is 41.7 Å². The van der Waals surface area contributed by atoms with E-state index in [-0.39, 0.29) is 0 Å². The van der Waals surface area contributed by atoms with Crippen molar-refractivity contribution in [1.82, 2.24) is 4.90 Å². The van der Waals surface area contributed by atoms with E-state index in [4.69, 9.17) is 0 Å². The Morgan fingerprint density at radius 1 is 1.06 bits per heavy atom. The van der Waals surface area contributed by atoms with Crippen LogP contribution in [0.3, 0.4) is 0 Å². The molecule has 0 aliphatic carbocycles. The van der Waals surface area contributed by atoms with Gasteiger partial charge in [-0.25, -0.2) is 0 Å². The molecule has 2 aliphatic rings. The second kappa shape index (κ2) is 8.48. The third-order valence-corrected chi connectivity index (χ3v) is 6.83. The Kier molecular flexibility index (Phi) is 5.88. The van der Waals surface area contributed by atoms with Crippen LogP contribution in [0.1, 0.15) is 55.5 Å². The number of anilines is 2. The topological polar surface area (TPSA) is 33.5 Å². The molecule has 1 saturated heterocycles. The number of nitriles is 1. The van der Waals surface area contributed by atoms with E-state index in [1.54, 1.807) is 0 Å². The van der Waals surface area contributed by atoms with E-state index in [0.29, 0.717) is 11.6 Å². The summed E-state index contributed by atoms with van der Waals surface area (Å²) in [5, 5.41) is 9.38. The molecule has 0 aromatic heterocycles. The number of rotatable bonds is 4. The lowest BCUT2D eigenvalue weighted by atomic mass is 9.83. The van der Waals surface area contributed by atoms with E-state index >= 15 is 0 Å². The molecule has 2 aromatic rings.